The van der Waals surface area contributed by atoms with E-state index in [1.165, 1.54) is 12.1 Å². The molecule has 0 atom stereocenters. The summed E-state index contributed by atoms with van der Waals surface area (Å²) in [6, 6.07) is 4.70. The van der Waals surface area contributed by atoms with Crippen LogP contribution in [0, 0.1) is 0 Å². The molecule has 3 nitrogen and oxygen atoms in total. The summed E-state index contributed by atoms with van der Waals surface area (Å²) < 4.78 is 62.8. The minimum atomic E-state index is -4.40. The van der Waals surface area contributed by atoms with Crippen LogP contribution in [0.25, 0.3) is 0 Å². The van der Waals surface area contributed by atoms with Crippen molar-refractivity contribution >= 4 is 10.1 Å². The molecule has 1 aromatic rings. The minimum Gasteiger partial charge on any atom is -0.270 e. The van der Waals surface area contributed by atoms with E-state index in [-0.39, 0.29) is 13.0 Å². The van der Waals surface area contributed by atoms with Gasteiger partial charge in [-0.2, -0.15) is 21.6 Å². The maximum Gasteiger partial charge on any atom is 0.416 e. The molecular formula is C10H11F3O3S. The van der Waals surface area contributed by atoms with Gasteiger partial charge < -0.3 is 0 Å². The van der Waals surface area contributed by atoms with Crippen molar-refractivity contribution in [2.24, 2.45) is 0 Å². The van der Waals surface area contributed by atoms with Crippen LogP contribution in [0.1, 0.15) is 11.1 Å². The molecule has 0 saturated carbocycles. The molecule has 0 N–H and O–H groups in total. The van der Waals surface area contributed by atoms with Gasteiger partial charge in [-0.3, -0.25) is 4.18 Å². The van der Waals surface area contributed by atoms with Crippen molar-refractivity contribution in [1.82, 2.24) is 0 Å². The molecule has 7 heteroatoms. The third-order valence-corrected chi connectivity index (χ3v) is 2.54. The van der Waals surface area contributed by atoms with Crippen LogP contribution in [0.2, 0.25) is 0 Å². The second-order valence-corrected chi connectivity index (χ2v) is 5.12. The zero-order valence-electron chi connectivity index (χ0n) is 8.99. The predicted octanol–water partition coefficient (Wildman–Crippen LogP) is 2.22. The highest BCUT2D eigenvalue weighted by Gasteiger charge is 2.30. The first-order chi connectivity index (χ1) is 7.68. The van der Waals surface area contributed by atoms with Crippen LogP contribution in [0.5, 0.6) is 0 Å². The van der Waals surface area contributed by atoms with Gasteiger partial charge in [-0.15, -0.1) is 0 Å². The molecule has 0 aliphatic carbocycles. The summed E-state index contributed by atoms with van der Waals surface area (Å²) in [7, 11) is -3.56. The normalized spacial score (nSPS) is 12.7. The van der Waals surface area contributed by atoms with Crippen molar-refractivity contribution in [1.29, 1.82) is 0 Å². The molecule has 0 spiro atoms. The van der Waals surface area contributed by atoms with Gasteiger partial charge in [0.1, 0.15) is 0 Å². The molecule has 0 aliphatic heterocycles. The molecule has 0 bridgehead atoms. The average molecular weight is 268 g/mol. The second-order valence-electron chi connectivity index (χ2n) is 3.47. The van der Waals surface area contributed by atoms with Crippen molar-refractivity contribution in [3.8, 4) is 0 Å². The SMILES string of the molecule is CS(=O)(=O)OCCc1cccc(C(F)(F)F)c1. The Morgan fingerprint density at radius 2 is 1.94 bits per heavy atom. The number of hydrogen-bond donors (Lipinski definition) is 0. The quantitative estimate of drug-likeness (QED) is 0.786. The molecule has 1 aromatic carbocycles. The predicted molar refractivity (Wildman–Crippen MR) is 55.9 cm³/mol. The van der Waals surface area contributed by atoms with Gasteiger partial charge in [-0.1, -0.05) is 18.2 Å². The van der Waals surface area contributed by atoms with Crippen LogP contribution in [-0.2, 0) is 26.9 Å². The van der Waals surface area contributed by atoms with Gasteiger partial charge >= 0.3 is 6.18 Å². The van der Waals surface area contributed by atoms with Crippen LogP contribution < -0.4 is 0 Å². The number of rotatable bonds is 4. The lowest BCUT2D eigenvalue weighted by Crippen LogP contribution is -2.08. The van der Waals surface area contributed by atoms with Gasteiger partial charge in [0.2, 0.25) is 0 Å². The van der Waals surface area contributed by atoms with Gasteiger partial charge in [0.25, 0.3) is 10.1 Å². The number of hydrogen-bond acceptors (Lipinski definition) is 3. The fourth-order valence-corrected chi connectivity index (χ4v) is 1.60. The third-order valence-electron chi connectivity index (χ3n) is 1.94. The summed E-state index contributed by atoms with van der Waals surface area (Å²) >= 11 is 0. The molecular weight excluding hydrogens is 257 g/mol. The maximum atomic E-state index is 12.4. The first-order valence-corrected chi connectivity index (χ1v) is 6.51. The van der Waals surface area contributed by atoms with Crippen molar-refractivity contribution in [2.45, 2.75) is 12.6 Å². The summed E-state index contributed by atoms with van der Waals surface area (Å²) in [4.78, 5) is 0. The van der Waals surface area contributed by atoms with Gasteiger partial charge in [0.05, 0.1) is 18.4 Å². The third kappa shape index (κ3) is 5.18. The Balaban J connectivity index is 2.67. The lowest BCUT2D eigenvalue weighted by Gasteiger charge is -2.08. The van der Waals surface area contributed by atoms with E-state index in [0.29, 0.717) is 5.56 Å². The monoisotopic (exact) mass is 268 g/mol. The van der Waals surface area contributed by atoms with E-state index in [4.69, 9.17) is 0 Å². The van der Waals surface area contributed by atoms with E-state index in [9.17, 15) is 21.6 Å². The largest absolute Gasteiger partial charge is 0.416 e. The molecule has 0 amide bonds. The maximum absolute atomic E-state index is 12.4. The second kappa shape index (κ2) is 5.05. The highest BCUT2D eigenvalue weighted by atomic mass is 32.2. The van der Waals surface area contributed by atoms with E-state index in [1.54, 1.807) is 0 Å². The summed E-state index contributed by atoms with van der Waals surface area (Å²) in [6.07, 6.45) is -3.40. The standard InChI is InChI=1S/C10H11F3O3S/c1-17(14,15)16-6-5-8-3-2-4-9(7-8)10(11,12)13/h2-4,7H,5-6H2,1H3. The lowest BCUT2D eigenvalue weighted by atomic mass is 10.1. The molecule has 0 aliphatic rings. The molecule has 0 heterocycles. The van der Waals surface area contributed by atoms with Gasteiger partial charge in [0, 0.05) is 0 Å². The Labute approximate surface area is 97.3 Å². The Morgan fingerprint density at radius 1 is 1.29 bits per heavy atom. The van der Waals surface area contributed by atoms with E-state index < -0.39 is 21.9 Å². The smallest absolute Gasteiger partial charge is 0.270 e. The molecule has 0 fully saturated rings. The summed E-state index contributed by atoms with van der Waals surface area (Å²) in [6.45, 7) is -0.167. The van der Waals surface area contributed by atoms with Crippen molar-refractivity contribution in [3.63, 3.8) is 0 Å². The Morgan fingerprint density at radius 3 is 2.47 bits per heavy atom. The van der Waals surface area contributed by atoms with E-state index in [0.717, 1.165) is 18.4 Å². The Hall–Kier alpha value is -1.08. The van der Waals surface area contributed by atoms with Crippen molar-refractivity contribution in [2.75, 3.05) is 12.9 Å². The average Bonchev–Trinajstić information content (AvgIpc) is 2.15. The van der Waals surface area contributed by atoms with Crippen molar-refractivity contribution in [3.05, 3.63) is 35.4 Å². The summed E-state index contributed by atoms with van der Waals surface area (Å²) in [5.74, 6) is 0. The van der Waals surface area contributed by atoms with E-state index in [1.807, 2.05) is 0 Å². The topological polar surface area (TPSA) is 43.4 Å². The minimum absolute atomic E-state index is 0.108. The highest BCUT2D eigenvalue weighted by Crippen LogP contribution is 2.29. The van der Waals surface area contributed by atoms with Crippen LogP contribution in [0.4, 0.5) is 13.2 Å². The molecule has 0 radical (unpaired) electrons. The first kappa shape index (κ1) is 14.0. The Bertz CT molecular complexity index is 480. The van der Waals surface area contributed by atoms with Gasteiger partial charge in [0.15, 0.2) is 0 Å². The van der Waals surface area contributed by atoms with Gasteiger partial charge in [-0.25, -0.2) is 0 Å². The molecule has 1 rings (SSSR count). The zero-order chi connectivity index (χ0) is 13.1. The van der Waals surface area contributed by atoms with Crippen LogP contribution in [0.3, 0.4) is 0 Å². The Kier molecular flexibility index (Phi) is 4.16. The van der Waals surface area contributed by atoms with Gasteiger partial charge in [-0.05, 0) is 18.1 Å². The zero-order valence-corrected chi connectivity index (χ0v) is 9.81. The summed E-state index contributed by atoms with van der Waals surface area (Å²) in [5, 5.41) is 0. The highest BCUT2D eigenvalue weighted by molar-refractivity contribution is 7.85. The number of benzene rings is 1. The molecule has 0 saturated heterocycles. The molecule has 0 unspecified atom stereocenters. The van der Waals surface area contributed by atoms with Crippen molar-refractivity contribution < 1.29 is 25.8 Å². The fraction of sp³-hybridized carbons (Fsp3) is 0.400. The van der Waals surface area contributed by atoms with Crippen LogP contribution in [-0.4, -0.2) is 21.3 Å². The lowest BCUT2D eigenvalue weighted by molar-refractivity contribution is -0.137. The molecule has 96 valence electrons. The number of halogens is 3. The molecule has 17 heavy (non-hydrogen) atoms. The molecule has 0 aromatic heterocycles. The van der Waals surface area contributed by atoms with Crippen LogP contribution in [0.15, 0.2) is 24.3 Å². The first-order valence-electron chi connectivity index (χ1n) is 4.69. The van der Waals surface area contributed by atoms with Crippen LogP contribution >= 0.6 is 0 Å². The summed E-state index contributed by atoms with van der Waals surface area (Å²) in [5.41, 5.74) is -0.377. The van der Waals surface area contributed by atoms with E-state index in [2.05, 4.69) is 4.18 Å². The fourth-order valence-electron chi connectivity index (χ4n) is 1.21. The number of alkyl halides is 3. The van der Waals surface area contributed by atoms with E-state index >= 15 is 0 Å².